The predicted molar refractivity (Wildman–Crippen MR) is 87.4 cm³/mol. The van der Waals surface area contributed by atoms with Crippen molar-refractivity contribution in [2.45, 2.75) is 13.3 Å². The van der Waals surface area contributed by atoms with Gasteiger partial charge in [0.15, 0.2) is 0 Å². The van der Waals surface area contributed by atoms with Gasteiger partial charge >= 0.3 is 0 Å². The predicted octanol–water partition coefficient (Wildman–Crippen LogP) is 3.27. The summed E-state index contributed by atoms with van der Waals surface area (Å²) in [5.74, 6) is -0.100. The lowest BCUT2D eigenvalue weighted by atomic mass is 10.2. The van der Waals surface area contributed by atoms with E-state index in [-0.39, 0.29) is 5.91 Å². The van der Waals surface area contributed by atoms with Gasteiger partial charge in [-0.1, -0.05) is 17.7 Å². The van der Waals surface area contributed by atoms with E-state index in [4.69, 9.17) is 11.6 Å². The third-order valence-electron chi connectivity index (χ3n) is 3.50. The van der Waals surface area contributed by atoms with Gasteiger partial charge < -0.3 is 9.72 Å². The summed E-state index contributed by atoms with van der Waals surface area (Å²) in [4.78, 5) is 16.6. The molecule has 0 saturated heterocycles. The molecule has 1 aromatic carbocycles. The first-order valence-electron chi connectivity index (χ1n) is 7.10. The average molecular weight is 314 g/mol. The Labute approximate surface area is 133 Å². The molecule has 0 radical (unpaired) electrons. The first-order valence-corrected chi connectivity index (χ1v) is 7.48. The van der Waals surface area contributed by atoms with Gasteiger partial charge in [-0.25, -0.2) is 4.98 Å². The van der Waals surface area contributed by atoms with E-state index in [0.29, 0.717) is 23.6 Å². The Hall–Kier alpha value is -2.33. The molecule has 2 heterocycles. The van der Waals surface area contributed by atoms with Crippen LogP contribution in [0.4, 0.5) is 0 Å². The fourth-order valence-electron chi connectivity index (χ4n) is 2.33. The minimum absolute atomic E-state index is 0.100. The SMILES string of the molecule is Cc1cccn2cc(CCNC(=O)c3ccc(Cl)cc3)nc12. The molecule has 0 saturated carbocycles. The van der Waals surface area contributed by atoms with Crippen LogP contribution in [0, 0.1) is 6.92 Å². The number of carbonyl (C=O) groups is 1. The quantitative estimate of drug-likeness (QED) is 0.803. The number of pyridine rings is 1. The van der Waals surface area contributed by atoms with Gasteiger partial charge in [0.1, 0.15) is 5.65 Å². The Morgan fingerprint density at radius 1 is 1.27 bits per heavy atom. The lowest BCUT2D eigenvalue weighted by molar-refractivity contribution is 0.0954. The molecule has 0 aliphatic rings. The first-order chi connectivity index (χ1) is 10.6. The number of amides is 1. The molecule has 0 atom stereocenters. The summed E-state index contributed by atoms with van der Waals surface area (Å²) < 4.78 is 2.01. The molecule has 0 aliphatic carbocycles. The zero-order valence-corrected chi connectivity index (χ0v) is 13.0. The number of hydrogen-bond acceptors (Lipinski definition) is 2. The second-order valence-corrected chi connectivity index (χ2v) is 5.60. The third kappa shape index (κ3) is 3.12. The highest BCUT2D eigenvalue weighted by molar-refractivity contribution is 6.30. The van der Waals surface area contributed by atoms with Gasteiger partial charge in [0.2, 0.25) is 0 Å². The maximum absolute atomic E-state index is 12.0. The minimum atomic E-state index is -0.100. The molecule has 4 nitrogen and oxygen atoms in total. The summed E-state index contributed by atoms with van der Waals surface area (Å²) in [5, 5.41) is 3.52. The van der Waals surface area contributed by atoms with Crippen molar-refractivity contribution < 1.29 is 4.79 Å². The summed E-state index contributed by atoms with van der Waals surface area (Å²) >= 11 is 5.81. The molecule has 0 spiro atoms. The van der Waals surface area contributed by atoms with Crippen molar-refractivity contribution in [2.75, 3.05) is 6.54 Å². The summed E-state index contributed by atoms with van der Waals surface area (Å²) in [6, 6.07) is 10.9. The van der Waals surface area contributed by atoms with Crippen LogP contribution in [0.1, 0.15) is 21.6 Å². The average Bonchev–Trinajstić information content (AvgIpc) is 2.92. The van der Waals surface area contributed by atoms with E-state index in [1.165, 1.54) is 0 Å². The van der Waals surface area contributed by atoms with Gasteiger partial charge in [-0.2, -0.15) is 0 Å². The molecule has 112 valence electrons. The highest BCUT2D eigenvalue weighted by Gasteiger charge is 2.06. The molecule has 1 N–H and O–H groups in total. The van der Waals surface area contributed by atoms with Crippen molar-refractivity contribution in [3.63, 3.8) is 0 Å². The van der Waals surface area contributed by atoms with Crippen LogP contribution in [0.25, 0.3) is 5.65 Å². The Morgan fingerprint density at radius 3 is 2.77 bits per heavy atom. The van der Waals surface area contributed by atoms with Crippen LogP contribution in [0.2, 0.25) is 5.02 Å². The van der Waals surface area contributed by atoms with Crippen molar-refractivity contribution in [2.24, 2.45) is 0 Å². The maximum atomic E-state index is 12.0. The Bertz CT molecular complexity index is 808. The molecular formula is C17H16ClN3O. The molecule has 2 aromatic heterocycles. The summed E-state index contributed by atoms with van der Waals surface area (Å²) in [6.45, 7) is 2.58. The second-order valence-electron chi connectivity index (χ2n) is 5.17. The number of carbonyl (C=O) groups excluding carboxylic acids is 1. The van der Waals surface area contributed by atoms with Crippen LogP contribution in [0.15, 0.2) is 48.8 Å². The maximum Gasteiger partial charge on any atom is 0.251 e. The number of nitrogens with zero attached hydrogens (tertiary/aromatic N) is 2. The smallest absolute Gasteiger partial charge is 0.251 e. The second kappa shape index (κ2) is 6.20. The third-order valence-corrected chi connectivity index (χ3v) is 3.75. The van der Waals surface area contributed by atoms with E-state index >= 15 is 0 Å². The lowest BCUT2D eigenvalue weighted by Crippen LogP contribution is -2.25. The summed E-state index contributed by atoms with van der Waals surface area (Å²) in [7, 11) is 0. The Balaban J connectivity index is 1.61. The number of fused-ring (bicyclic) bond motifs is 1. The van der Waals surface area contributed by atoms with Crippen molar-refractivity contribution in [3.05, 3.63) is 70.6 Å². The molecule has 0 bridgehead atoms. The molecule has 5 heteroatoms. The topological polar surface area (TPSA) is 46.4 Å². The molecule has 22 heavy (non-hydrogen) atoms. The Morgan fingerprint density at radius 2 is 2.05 bits per heavy atom. The van der Waals surface area contributed by atoms with Crippen LogP contribution in [-0.4, -0.2) is 21.8 Å². The van der Waals surface area contributed by atoms with E-state index < -0.39 is 0 Å². The van der Waals surface area contributed by atoms with E-state index in [1.54, 1.807) is 24.3 Å². The number of imidazole rings is 1. The number of hydrogen-bond donors (Lipinski definition) is 1. The van der Waals surface area contributed by atoms with E-state index in [9.17, 15) is 4.79 Å². The van der Waals surface area contributed by atoms with Crippen molar-refractivity contribution in [1.82, 2.24) is 14.7 Å². The molecular weight excluding hydrogens is 298 g/mol. The van der Waals surface area contributed by atoms with Gasteiger partial charge in [-0.05, 0) is 42.8 Å². The monoisotopic (exact) mass is 313 g/mol. The fraction of sp³-hybridized carbons (Fsp3) is 0.176. The number of aryl methyl sites for hydroxylation is 1. The first kappa shape index (κ1) is 14.6. The van der Waals surface area contributed by atoms with Gasteiger partial charge in [0.05, 0.1) is 5.69 Å². The summed E-state index contributed by atoms with van der Waals surface area (Å²) in [5.41, 5.74) is 3.67. The fourth-order valence-corrected chi connectivity index (χ4v) is 2.46. The number of benzene rings is 1. The molecule has 1 amide bonds. The Kier molecular flexibility index (Phi) is 4.11. The minimum Gasteiger partial charge on any atom is -0.352 e. The summed E-state index contributed by atoms with van der Waals surface area (Å²) in [6.07, 6.45) is 4.67. The molecule has 0 aliphatic heterocycles. The van der Waals surface area contributed by atoms with Crippen LogP contribution in [0.5, 0.6) is 0 Å². The lowest BCUT2D eigenvalue weighted by Gasteiger charge is -2.03. The molecule has 0 fully saturated rings. The number of rotatable bonds is 4. The zero-order valence-electron chi connectivity index (χ0n) is 12.2. The number of nitrogens with one attached hydrogen (secondary N) is 1. The van der Waals surface area contributed by atoms with Gasteiger partial charge in [0, 0.05) is 35.9 Å². The molecule has 3 rings (SSSR count). The largest absolute Gasteiger partial charge is 0.352 e. The van der Waals surface area contributed by atoms with Crippen molar-refractivity contribution in [1.29, 1.82) is 0 Å². The highest BCUT2D eigenvalue weighted by Crippen LogP contribution is 2.11. The highest BCUT2D eigenvalue weighted by atomic mass is 35.5. The van der Waals surface area contributed by atoms with Crippen LogP contribution in [0.3, 0.4) is 0 Å². The molecule has 0 unspecified atom stereocenters. The van der Waals surface area contributed by atoms with E-state index in [0.717, 1.165) is 16.9 Å². The normalized spacial score (nSPS) is 10.8. The van der Waals surface area contributed by atoms with Gasteiger partial charge in [-0.15, -0.1) is 0 Å². The van der Waals surface area contributed by atoms with Gasteiger partial charge in [-0.3, -0.25) is 4.79 Å². The van der Waals surface area contributed by atoms with Gasteiger partial charge in [0.25, 0.3) is 5.91 Å². The van der Waals surface area contributed by atoms with Crippen molar-refractivity contribution >= 4 is 23.2 Å². The zero-order chi connectivity index (χ0) is 15.5. The van der Waals surface area contributed by atoms with Crippen molar-refractivity contribution in [3.8, 4) is 0 Å². The van der Waals surface area contributed by atoms with E-state index in [2.05, 4.69) is 10.3 Å². The van der Waals surface area contributed by atoms with Crippen LogP contribution in [-0.2, 0) is 6.42 Å². The standard InChI is InChI=1S/C17H16ClN3O/c1-12-3-2-10-21-11-15(20-16(12)21)8-9-19-17(22)13-4-6-14(18)7-5-13/h2-7,10-11H,8-9H2,1H3,(H,19,22). The van der Waals surface area contributed by atoms with Crippen LogP contribution >= 0.6 is 11.6 Å². The number of aromatic nitrogens is 2. The molecule has 3 aromatic rings. The van der Waals surface area contributed by atoms with Crippen LogP contribution < -0.4 is 5.32 Å². The van der Waals surface area contributed by atoms with E-state index in [1.807, 2.05) is 35.9 Å². The number of halogens is 1.